The minimum atomic E-state index is 0.141. The highest BCUT2D eigenvalue weighted by Gasteiger charge is 2.33. The topological polar surface area (TPSA) is 81.0 Å². The number of nitrogens with zero attached hydrogens (tertiary/aromatic N) is 6. The van der Waals surface area contributed by atoms with Crippen molar-refractivity contribution in [3.63, 3.8) is 0 Å². The van der Waals surface area contributed by atoms with E-state index >= 15 is 0 Å². The van der Waals surface area contributed by atoms with E-state index < -0.39 is 0 Å². The molecule has 152 valence electrons. The number of rotatable bonds is 5. The molecule has 0 saturated heterocycles. The fraction of sp³-hybridized carbons (Fsp3) is 0.333. The predicted molar refractivity (Wildman–Crippen MR) is 116 cm³/mol. The first-order valence-corrected chi connectivity index (χ1v) is 11.0. The average molecular weight is 420 g/mol. The van der Waals surface area contributed by atoms with Crippen molar-refractivity contribution in [2.75, 3.05) is 16.8 Å². The zero-order chi connectivity index (χ0) is 19.9. The Balaban J connectivity index is 1.10. The Kier molecular flexibility index (Phi) is 4.26. The maximum absolute atomic E-state index is 6.24. The number of aromatic nitrogens is 5. The molecule has 1 N–H and O–H groups in total. The van der Waals surface area contributed by atoms with Gasteiger partial charge in [0.05, 0.1) is 28.8 Å². The van der Waals surface area contributed by atoms with Crippen LogP contribution in [0.2, 0.25) is 0 Å². The van der Waals surface area contributed by atoms with Crippen LogP contribution in [0.15, 0.2) is 49.2 Å². The van der Waals surface area contributed by atoms with E-state index in [0.29, 0.717) is 11.9 Å². The number of hydrogen-bond donors (Lipinski definition) is 1. The van der Waals surface area contributed by atoms with Crippen molar-refractivity contribution in [1.29, 1.82) is 0 Å². The molecule has 4 heterocycles. The summed E-state index contributed by atoms with van der Waals surface area (Å²) >= 11 is 1.70. The maximum atomic E-state index is 6.24. The monoisotopic (exact) mass is 419 g/mol. The first kappa shape index (κ1) is 17.6. The minimum Gasteiger partial charge on any atom is -0.472 e. The number of thiazole rings is 1. The predicted octanol–water partition coefficient (Wildman–Crippen LogP) is 3.32. The Hall–Kier alpha value is -3.20. The summed E-state index contributed by atoms with van der Waals surface area (Å²) < 4.78 is 9.62. The van der Waals surface area contributed by atoms with Crippen LogP contribution in [0.4, 0.5) is 10.9 Å². The van der Waals surface area contributed by atoms with Crippen molar-refractivity contribution >= 4 is 32.5 Å². The quantitative estimate of drug-likeness (QED) is 0.531. The number of para-hydroxylation sites is 1. The molecular formula is C21H21N7OS. The highest BCUT2D eigenvalue weighted by atomic mass is 32.1. The molecule has 0 amide bonds. The zero-order valence-electron chi connectivity index (χ0n) is 16.3. The number of nitrogens with one attached hydrogen (secondary N) is 1. The van der Waals surface area contributed by atoms with Gasteiger partial charge < -0.3 is 19.5 Å². The van der Waals surface area contributed by atoms with Crippen LogP contribution in [0.5, 0.6) is 5.88 Å². The fourth-order valence-electron chi connectivity index (χ4n) is 4.03. The van der Waals surface area contributed by atoms with Crippen LogP contribution in [0.3, 0.4) is 0 Å². The third-order valence-corrected chi connectivity index (χ3v) is 6.67. The van der Waals surface area contributed by atoms with Crippen molar-refractivity contribution < 1.29 is 4.74 Å². The van der Waals surface area contributed by atoms with Gasteiger partial charge in [0.25, 0.3) is 5.88 Å². The number of hydrogen-bond acceptors (Lipinski definition) is 8. The SMILES string of the molecule is c1ccc2sc(N[C@H]3C[C@H](Oc4nccnc4N4CCn5cncc5C4)C3)nc2c1. The first-order valence-electron chi connectivity index (χ1n) is 10.2. The highest BCUT2D eigenvalue weighted by Crippen LogP contribution is 2.34. The van der Waals surface area contributed by atoms with Crippen LogP contribution in [0.1, 0.15) is 18.5 Å². The Bertz CT molecular complexity index is 1150. The lowest BCUT2D eigenvalue weighted by atomic mass is 9.89. The van der Waals surface area contributed by atoms with Crippen LogP contribution in [0.25, 0.3) is 10.2 Å². The van der Waals surface area contributed by atoms with Gasteiger partial charge in [0, 0.05) is 50.6 Å². The Labute approximate surface area is 177 Å². The summed E-state index contributed by atoms with van der Waals surface area (Å²) in [5.41, 5.74) is 2.23. The van der Waals surface area contributed by atoms with E-state index in [9.17, 15) is 0 Å². The highest BCUT2D eigenvalue weighted by molar-refractivity contribution is 7.22. The molecule has 1 fully saturated rings. The van der Waals surface area contributed by atoms with E-state index in [1.807, 2.05) is 30.7 Å². The molecule has 30 heavy (non-hydrogen) atoms. The molecule has 3 aromatic heterocycles. The van der Waals surface area contributed by atoms with E-state index in [2.05, 4.69) is 40.8 Å². The molecule has 6 rings (SSSR count). The van der Waals surface area contributed by atoms with Gasteiger partial charge in [0.15, 0.2) is 10.9 Å². The largest absolute Gasteiger partial charge is 0.472 e. The van der Waals surface area contributed by atoms with Crippen LogP contribution in [0, 0.1) is 0 Å². The second-order valence-electron chi connectivity index (χ2n) is 7.72. The molecule has 8 nitrogen and oxygen atoms in total. The average Bonchev–Trinajstić information content (AvgIpc) is 3.38. The summed E-state index contributed by atoms with van der Waals surface area (Å²) in [7, 11) is 0. The number of ether oxygens (including phenoxy) is 1. The smallest absolute Gasteiger partial charge is 0.257 e. The first-order chi connectivity index (χ1) is 14.8. The third kappa shape index (κ3) is 3.24. The van der Waals surface area contributed by atoms with Gasteiger partial charge in [-0.3, -0.25) is 0 Å². The summed E-state index contributed by atoms with van der Waals surface area (Å²) in [6.45, 7) is 2.52. The standard InChI is InChI=1S/C21H21N7OS/c1-2-4-18-17(3-1)26-21(30-18)25-14-9-16(10-14)29-20-19(23-5-6-24-20)27-7-8-28-13-22-11-15(28)12-27/h1-6,11,13-14,16H,7-10,12H2,(H,25,26)/t14-,16-. The summed E-state index contributed by atoms with van der Waals surface area (Å²) in [4.78, 5) is 20.2. The molecule has 1 saturated carbocycles. The molecule has 1 aliphatic heterocycles. The van der Waals surface area contributed by atoms with Gasteiger partial charge in [-0.2, -0.15) is 0 Å². The zero-order valence-corrected chi connectivity index (χ0v) is 17.1. The van der Waals surface area contributed by atoms with Crippen molar-refractivity contribution in [2.45, 2.75) is 38.1 Å². The van der Waals surface area contributed by atoms with Crippen LogP contribution in [-0.2, 0) is 13.1 Å². The van der Waals surface area contributed by atoms with E-state index in [1.165, 1.54) is 10.4 Å². The van der Waals surface area contributed by atoms with Gasteiger partial charge >= 0.3 is 0 Å². The molecular weight excluding hydrogens is 398 g/mol. The Morgan fingerprint density at radius 1 is 1.10 bits per heavy atom. The Morgan fingerprint density at radius 2 is 2.00 bits per heavy atom. The molecule has 1 aromatic carbocycles. The second-order valence-corrected chi connectivity index (χ2v) is 8.75. The molecule has 2 aliphatic rings. The van der Waals surface area contributed by atoms with Gasteiger partial charge in [-0.05, 0) is 12.1 Å². The maximum Gasteiger partial charge on any atom is 0.257 e. The van der Waals surface area contributed by atoms with Crippen LogP contribution < -0.4 is 15.0 Å². The van der Waals surface area contributed by atoms with E-state index in [-0.39, 0.29) is 6.10 Å². The normalized spacial score (nSPS) is 20.6. The van der Waals surface area contributed by atoms with Crippen molar-refractivity contribution in [3.8, 4) is 5.88 Å². The van der Waals surface area contributed by atoms with Gasteiger partial charge in [-0.25, -0.2) is 19.9 Å². The van der Waals surface area contributed by atoms with Gasteiger partial charge in [-0.1, -0.05) is 23.5 Å². The molecule has 1 aliphatic carbocycles. The lowest BCUT2D eigenvalue weighted by Gasteiger charge is -2.36. The summed E-state index contributed by atoms with van der Waals surface area (Å²) in [5, 5.41) is 4.52. The fourth-order valence-corrected chi connectivity index (χ4v) is 4.97. The number of anilines is 2. The summed E-state index contributed by atoms with van der Waals surface area (Å²) in [6.07, 6.45) is 9.22. The van der Waals surface area contributed by atoms with Gasteiger partial charge in [0.1, 0.15) is 6.10 Å². The summed E-state index contributed by atoms with van der Waals surface area (Å²) in [6, 6.07) is 8.60. The number of fused-ring (bicyclic) bond motifs is 2. The molecule has 9 heteroatoms. The molecule has 4 aromatic rings. The Morgan fingerprint density at radius 3 is 2.93 bits per heavy atom. The molecule has 0 spiro atoms. The second kappa shape index (κ2) is 7.24. The van der Waals surface area contributed by atoms with Crippen molar-refractivity contribution in [3.05, 3.63) is 54.9 Å². The number of benzene rings is 1. The molecule has 0 atom stereocenters. The molecule has 0 unspecified atom stereocenters. The summed E-state index contributed by atoms with van der Waals surface area (Å²) in [5.74, 6) is 1.43. The lowest BCUT2D eigenvalue weighted by Crippen LogP contribution is -2.43. The van der Waals surface area contributed by atoms with Gasteiger partial charge in [0.2, 0.25) is 0 Å². The molecule has 0 bridgehead atoms. The van der Waals surface area contributed by atoms with Crippen LogP contribution in [-0.4, -0.2) is 43.2 Å². The van der Waals surface area contributed by atoms with E-state index in [4.69, 9.17) is 4.74 Å². The number of imidazole rings is 1. The third-order valence-electron chi connectivity index (χ3n) is 5.70. The van der Waals surface area contributed by atoms with E-state index in [1.54, 1.807) is 23.7 Å². The van der Waals surface area contributed by atoms with Crippen molar-refractivity contribution in [1.82, 2.24) is 24.5 Å². The molecule has 0 radical (unpaired) electrons. The van der Waals surface area contributed by atoms with E-state index in [0.717, 1.165) is 48.9 Å². The van der Waals surface area contributed by atoms with Crippen molar-refractivity contribution in [2.24, 2.45) is 0 Å². The lowest BCUT2D eigenvalue weighted by molar-refractivity contribution is 0.103. The van der Waals surface area contributed by atoms with Gasteiger partial charge in [-0.15, -0.1) is 0 Å². The minimum absolute atomic E-state index is 0.141. The van der Waals surface area contributed by atoms with Crippen LogP contribution >= 0.6 is 11.3 Å².